The number of alkyl halides is 3. The summed E-state index contributed by atoms with van der Waals surface area (Å²) in [4.78, 5) is 16.8. The van der Waals surface area contributed by atoms with Gasteiger partial charge in [0.1, 0.15) is 16.5 Å². The zero-order valence-corrected chi connectivity index (χ0v) is 21.3. The van der Waals surface area contributed by atoms with Crippen molar-refractivity contribution in [3.05, 3.63) is 87.6 Å². The molecule has 0 spiro atoms. The lowest BCUT2D eigenvalue weighted by Gasteiger charge is -2.13. The molecule has 0 bridgehead atoms. The minimum atomic E-state index is -4.47. The van der Waals surface area contributed by atoms with Crippen LogP contribution in [0.3, 0.4) is 0 Å². The van der Waals surface area contributed by atoms with Crippen molar-refractivity contribution in [2.75, 3.05) is 0 Å². The van der Waals surface area contributed by atoms with Gasteiger partial charge >= 0.3 is 6.18 Å². The van der Waals surface area contributed by atoms with E-state index >= 15 is 0 Å². The molecule has 188 valence electrons. The van der Waals surface area contributed by atoms with E-state index in [-0.39, 0.29) is 11.9 Å². The van der Waals surface area contributed by atoms with E-state index in [0.29, 0.717) is 39.5 Å². The Labute approximate surface area is 215 Å². The third-order valence-electron chi connectivity index (χ3n) is 5.44. The van der Waals surface area contributed by atoms with Gasteiger partial charge in [-0.2, -0.15) is 13.2 Å². The van der Waals surface area contributed by atoms with Crippen LogP contribution in [0, 0.1) is 0 Å². The highest BCUT2D eigenvalue weighted by molar-refractivity contribution is 7.98. The number of aromatic nitrogens is 4. The number of hydrogen-bond donors (Lipinski definition) is 1. The molecule has 1 N–H and O–H groups in total. The van der Waals surface area contributed by atoms with Crippen LogP contribution in [-0.4, -0.2) is 31.7 Å². The fraction of sp³-hybridized carbons (Fsp3) is 0.280. The van der Waals surface area contributed by atoms with E-state index in [2.05, 4.69) is 20.5 Å². The number of carbonyl (C=O) groups is 1. The zero-order chi connectivity index (χ0) is 25.7. The second kappa shape index (κ2) is 11.3. The number of rotatable bonds is 9. The summed E-state index contributed by atoms with van der Waals surface area (Å²) in [6.45, 7) is 3.91. The fourth-order valence-electron chi connectivity index (χ4n) is 3.37. The third-order valence-corrected chi connectivity index (χ3v) is 7.41. The van der Waals surface area contributed by atoms with Gasteiger partial charge in [0.15, 0.2) is 5.16 Å². The predicted molar refractivity (Wildman–Crippen MR) is 135 cm³/mol. The molecule has 4 aromatic rings. The van der Waals surface area contributed by atoms with Gasteiger partial charge in [-0.3, -0.25) is 9.36 Å². The van der Waals surface area contributed by atoms with Gasteiger partial charge in [-0.05, 0) is 37.1 Å². The van der Waals surface area contributed by atoms with Crippen LogP contribution in [0.1, 0.15) is 52.7 Å². The van der Waals surface area contributed by atoms with Crippen molar-refractivity contribution in [1.82, 2.24) is 25.1 Å². The molecule has 36 heavy (non-hydrogen) atoms. The summed E-state index contributed by atoms with van der Waals surface area (Å²) in [5.41, 5.74) is 0.898. The lowest BCUT2D eigenvalue weighted by atomic mass is 10.1. The fourth-order valence-corrected chi connectivity index (χ4v) is 5.14. The maximum absolute atomic E-state index is 13.4. The minimum absolute atomic E-state index is 0.0473. The molecule has 0 saturated carbocycles. The van der Waals surface area contributed by atoms with Crippen LogP contribution in [0.5, 0.6) is 0 Å². The topological polar surface area (TPSA) is 72.7 Å². The van der Waals surface area contributed by atoms with Gasteiger partial charge in [-0.15, -0.1) is 21.5 Å². The van der Waals surface area contributed by atoms with Gasteiger partial charge < -0.3 is 5.32 Å². The van der Waals surface area contributed by atoms with Crippen LogP contribution < -0.4 is 5.32 Å². The summed E-state index contributed by atoms with van der Waals surface area (Å²) >= 11 is 2.66. The molecule has 0 saturated heterocycles. The molecule has 0 aliphatic rings. The normalized spacial score (nSPS) is 12.5. The van der Waals surface area contributed by atoms with Crippen LogP contribution in [0.15, 0.2) is 65.1 Å². The van der Waals surface area contributed by atoms with E-state index in [4.69, 9.17) is 0 Å². The Kier molecular flexibility index (Phi) is 8.10. The van der Waals surface area contributed by atoms with E-state index in [0.717, 1.165) is 24.1 Å². The first-order valence-electron chi connectivity index (χ1n) is 11.3. The maximum atomic E-state index is 13.4. The molecule has 2 aromatic carbocycles. The summed E-state index contributed by atoms with van der Waals surface area (Å²) in [5, 5.41) is 14.3. The summed E-state index contributed by atoms with van der Waals surface area (Å²) in [5.74, 6) is 0.689. The van der Waals surface area contributed by atoms with Crippen molar-refractivity contribution in [3.63, 3.8) is 0 Å². The van der Waals surface area contributed by atoms with Crippen LogP contribution in [-0.2, 0) is 18.3 Å². The molecule has 0 fully saturated rings. The Morgan fingerprint density at radius 1 is 1.14 bits per heavy atom. The molecule has 1 unspecified atom stereocenters. The Bertz CT molecular complexity index is 1320. The highest BCUT2D eigenvalue weighted by Crippen LogP contribution is 2.32. The monoisotopic (exact) mass is 531 g/mol. The molecule has 0 radical (unpaired) electrons. The van der Waals surface area contributed by atoms with Gasteiger partial charge in [0.25, 0.3) is 5.91 Å². The molecular formula is C25H24F3N5OS2. The lowest BCUT2D eigenvalue weighted by molar-refractivity contribution is -0.137. The van der Waals surface area contributed by atoms with Gasteiger partial charge in [0.05, 0.1) is 17.0 Å². The first kappa shape index (κ1) is 25.9. The maximum Gasteiger partial charge on any atom is 0.416 e. The van der Waals surface area contributed by atoms with E-state index in [1.807, 2.05) is 44.2 Å². The van der Waals surface area contributed by atoms with Crippen LogP contribution in [0.2, 0.25) is 0 Å². The number of amides is 1. The van der Waals surface area contributed by atoms with E-state index in [1.54, 1.807) is 16.0 Å². The summed E-state index contributed by atoms with van der Waals surface area (Å²) in [6, 6.07) is 14.7. The minimum Gasteiger partial charge on any atom is -0.348 e. The van der Waals surface area contributed by atoms with E-state index in [9.17, 15) is 18.0 Å². The van der Waals surface area contributed by atoms with E-state index < -0.39 is 11.7 Å². The van der Waals surface area contributed by atoms with Crippen molar-refractivity contribution in [3.8, 4) is 5.69 Å². The SMILES string of the molecule is CCC(C)NC(=O)c1csc(CSc2nnc(Cc3ccccc3)n2-c2cccc(C(F)(F)F)c2)n1. The molecule has 0 aliphatic carbocycles. The van der Waals surface area contributed by atoms with Crippen molar-refractivity contribution >= 4 is 29.0 Å². The average Bonchev–Trinajstić information content (AvgIpc) is 3.50. The molecule has 6 nitrogen and oxygen atoms in total. The smallest absolute Gasteiger partial charge is 0.348 e. The molecule has 1 atom stereocenters. The van der Waals surface area contributed by atoms with Crippen molar-refractivity contribution < 1.29 is 18.0 Å². The van der Waals surface area contributed by atoms with Crippen molar-refractivity contribution in [2.24, 2.45) is 0 Å². The highest BCUT2D eigenvalue weighted by Gasteiger charge is 2.31. The molecule has 2 heterocycles. The van der Waals surface area contributed by atoms with Crippen LogP contribution in [0.25, 0.3) is 5.69 Å². The number of carbonyl (C=O) groups excluding carboxylic acids is 1. The predicted octanol–water partition coefficient (Wildman–Crippen LogP) is 6.15. The second-order valence-electron chi connectivity index (χ2n) is 8.14. The third kappa shape index (κ3) is 6.33. The number of nitrogens with zero attached hydrogens (tertiary/aromatic N) is 4. The average molecular weight is 532 g/mol. The van der Waals surface area contributed by atoms with Gasteiger partial charge in [0, 0.05) is 17.8 Å². The zero-order valence-electron chi connectivity index (χ0n) is 19.6. The number of nitrogens with one attached hydrogen (secondary N) is 1. The Balaban J connectivity index is 1.60. The largest absolute Gasteiger partial charge is 0.416 e. The van der Waals surface area contributed by atoms with Crippen LogP contribution in [0.4, 0.5) is 13.2 Å². The van der Waals surface area contributed by atoms with Gasteiger partial charge in [0.2, 0.25) is 0 Å². The van der Waals surface area contributed by atoms with Gasteiger partial charge in [-0.25, -0.2) is 4.98 Å². The lowest BCUT2D eigenvalue weighted by Crippen LogP contribution is -2.32. The summed E-state index contributed by atoms with van der Waals surface area (Å²) in [6.07, 6.45) is -3.25. The highest BCUT2D eigenvalue weighted by atomic mass is 32.2. The molecule has 2 aromatic heterocycles. The molecule has 11 heteroatoms. The standard InChI is InChI=1S/C25H24F3N5OS2/c1-3-16(2)29-23(34)20-14-35-22(30-20)15-36-24-32-31-21(12-17-8-5-4-6-9-17)33(24)19-11-7-10-18(13-19)25(26,27)28/h4-11,13-14,16H,3,12,15H2,1-2H3,(H,29,34). The molecule has 1 amide bonds. The van der Waals surface area contributed by atoms with Crippen molar-refractivity contribution in [2.45, 2.75) is 49.8 Å². The summed E-state index contributed by atoms with van der Waals surface area (Å²) < 4.78 is 41.9. The quantitative estimate of drug-likeness (QED) is 0.262. The molecule has 4 rings (SSSR count). The molecular weight excluding hydrogens is 507 g/mol. The van der Waals surface area contributed by atoms with Gasteiger partial charge in [-0.1, -0.05) is 55.1 Å². The van der Waals surface area contributed by atoms with E-state index in [1.165, 1.54) is 29.2 Å². The van der Waals surface area contributed by atoms with Crippen LogP contribution >= 0.6 is 23.1 Å². The second-order valence-corrected chi connectivity index (χ2v) is 10.0. The number of thiazole rings is 1. The van der Waals surface area contributed by atoms with Crippen molar-refractivity contribution in [1.29, 1.82) is 0 Å². The number of thioether (sulfide) groups is 1. The summed E-state index contributed by atoms with van der Waals surface area (Å²) in [7, 11) is 0. The Morgan fingerprint density at radius 3 is 2.64 bits per heavy atom. The first-order valence-corrected chi connectivity index (χ1v) is 13.1. The Hall–Kier alpha value is -3.18. The number of hydrogen-bond acceptors (Lipinski definition) is 6. The number of benzene rings is 2. The first-order chi connectivity index (χ1) is 17.2. The molecule has 0 aliphatic heterocycles. The number of halogens is 3. The Morgan fingerprint density at radius 2 is 1.92 bits per heavy atom.